The molecule has 0 amide bonds. The van der Waals surface area contributed by atoms with E-state index in [4.69, 9.17) is 0 Å². The van der Waals surface area contributed by atoms with Gasteiger partial charge in [-0.05, 0) is 68.1 Å². The van der Waals surface area contributed by atoms with Gasteiger partial charge in [-0.3, -0.25) is 0 Å². The Morgan fingerprint density at radius 3 is 1.35 bits per heavy atom. The number of aliphatic hydroxyl groups excluding tert-OH is 1. The molecule has 0 radical (unpaired) electrons. The highest BCUT2D eigenvalue weighted by molar-refractivity contribution is 4.73. The summed E-state index contributed by atoms with van der Waals surface area (Å²) in [6.45, 7) is 11.7. The van der Waals surface area contributed by atoms with Gasteiger partial charge < -0.3 is 5.11 Å². The molecule has 1 heteroatoms. The third-order valence-electron chi connectivity index (χ3n) is 5.69. The molecular weight excluding hydrogens is 244 g/mol. The maximum Gasteiger partial charge on any atom is 0.0540 e. The number of rotatable bonds is 2. The van der Waals surface area contributed by atoms with Crippen molar-refractivity contribution in [1.82, 2.24) is 0 Å². The Morgan fingerprint density at radius 2 is 1.00 bits per heavy atom. The average Bonchev–Trinajstić information content (AvgIpc) is 2.40. The molecule has 0 spiro atoms. The Labute approximate surface area is 127 Å². The van der Waals surface area contributed by atoms with Gasteiger partial charge in [-0.25, -0.2) is 0 Å². The fourth-order valence-corrected chi connectivity index (χ4v) is 3.72. The zero-order valence-electron chi connectivity index (χ0n) is 14.6. The van der Waals surface area contributed by atoms with Crippen molar-refractivity contribution in [2.45, 2.75) is 92.1 Å². The summed E-state index contributed by atoms with van der Waals surface area (Å²) in [5.74, 6) is 4.66. The van der Waals surface area contributed by atoms with Gasteiger partial charge >= 0.3 is 0 Å². The van der Waals surface area contributed by atoms with Gasteiger partial charge in [0, 0.05) is 0 Å². The topological polar surface area (TPSA) is 20.2 Å². The van der Waals surface area contributed by atoms with E-state index in [2.05, 4.69) is 34.6 Å². The van der Waals surface area contributed by atoms with Crippen LogP contribution in [0.2, 0.25) is 0 Å². The summed E-state index contributed by atoms with van der Waals surface area (Å²) in [5, 5.41) is 9.21. The molecule has 0 heterocycles. The maximum absolute atomic E-state index is 9.21. The second kappa shape index (κ2) is 9.07. The van der Waals surface area contributed by atoms with Crippen LogP contribution in [0.1, 0.15) is 86.0 Å². The normalized spacial score (nSPS) is 34.8. The lowest BCUT2D eigenvalue weighted by molar-refractivity contribution is 0.0963. The Hall–Kier alpha value is -0.0400. The largest absolute Gasteiger partial charge is 0.393 e. The molecule has 2 aliphatic carbocycles. The van der Waals surface area contributed by atoms with Gasteiger partial charge in [0.2, 0.25) is 0 Å². The number of hydrogen-bond acceptors (Lipinski definition) is 1. The van der Waals surface area contributed by atoms with Gasteiger partial charge in [0.15, 0.2) is 0 Å². The van der Waals surface area contributed by atoms with Crippen LogP contribution in [0.15, 0.2) is 0 Å². The lowest BCUT2D eigenvalue weighted by atomic mass is 9.78. The van der Waals surface area contributed by atoms with Gasteiger partial charge in [-0.2, -0.15) is 0 Å². The summed E-state index contributed by atoms with van der Waals surface area (Å²) in [5.41, 5.74) is 0. The molecule has 0 bridgehead atoms. The third kappa shape index (κ3) is 6.61. The summed E-state index contributed by atoms with van der Waals surface area (Å²) >= 11 is 0. The fourth-order valence-electron chi connectivity index (χ4n) is 3.72. The van der Waals surface area contributed by atoms with Crippen molar-refractivity contribution in [2.24, 2.45) is 29.6 Å². The van der Waals surface area contributed by atoms with Crippen LogP contribution in [0.5, 0.6) is 0 Å². The van der Waals surface area contributed by atoms with E-state index in [-0.39, 0.29) is 6.10 Å². The standard InChI is InChI=1S/C10H20.C9H18O/c1-8(2)10-6-4-9(3)5-7-10;1-7(2)8-3-5-9(10)6-4-8/h8-10H,4-7H2,1-3H3;7-10H,3-6H2,1-2H3. The zero-order valence-corrected chi connectivity index (χ0v) is 14.6. The Morgan fingerprint density at radius 1 is 0.650 bits per heavy atom. The van der Waals surface area contributed by atoms with Crippen molar-refractivity contribution in [3.8, 4) is 0 Å². The van der Waals surface area contributed by atoms with E-state index in [1.54, 1.807) is 0 Å². The lowest BCUT2D eigenvalue weighted by Crippen LogP contribution is -2.21. The minimum absolute atomic E-state index is 0.00926. The molecule has 2 aliphatic rings. The molecule has 2 saturated carbocycles. The molecule has 120 valence electrons. The first-order valence-corrected chi connectivity index (χ1v) is 9.08. The molecule has 0 unspecified atom stereocenters. The second-order valence-electron chi connectivity index (χ2n) is 8.08. The van der Waals surface area contributed by atoms with Crippen LogP contribution in [0.25, 0.3) is 0 Å². The van der Waals surface area contributed by atoms with E-state index < -0.39 is 0 Å². The van der Waals surface area contributed by atoms with Crippen molar-refractivity contribution in [3.05, 3.63) is 0 Å². The van der Waals surface area contributed by atoms with Crippen molar-refractivity contribution >= 4 is 0 Å². The molecule has 0 saturated heterocycles. The van der Waals surface area contributed by atoms with E-state index in [9.17, 15) is 5.11 Å². The van der Waals surface area contributed by atoms with Crippen molar-refractivity contribution in [3.63, 3.8) is 0 Å². The number of hydrogen-bond donors (Lipinski definition) is 1. The first-order chi connectivity index (χ1) is 9.40. The van der Waals surface area contributed by atoms with Crippen molar-refractivity contribution in [2.75, 3.05) is 0 Å². The van der Waals surface area contributed by atoms with E-state index in [0.29, 0.717) is 0 Å². The minimum Gasteiger partial charge on any atom is -0.393 e. The highest BCUT2D eigenvalue weighted by Crippen LogP contribution is 2.32. The van der Waals surface area contributed by atoms with Crippen LogP contribution in [0.3, 0.4) is 0 Å². The average molecular weight is 283 g/mol. The first-order valence-electron chi connectivity index (χ1n) is 9.08. The van der Waals surface area contributed by atoms with Gasteiger partial charge in [0.25, 0.3) is 0 Å². The lowest BCUT2D eigenvalue weighted by Gasteiger charge is -2.28. The summed E-state index contributed by atoms with van der Waals surface area (Å²) in [7, 11) is 0. The summed E-state index contributed by atoms with van der Waals surface area (Å²) in [6, 6.07) is 0. The van der Waals surface area contributed by atoms with Gasteiger partial charge in [-0.15, -0.1) is 0 Å². The van der Waals surface area contributed by atoms with Crippen molar-refractivity contribution in [1.29, 1.82) is 0 Å². The van der Waals surface area contributed by atoms with Crippen LogP contribution in [0, 0.1) is 29.6 Å². The maximum atomic E-state index is 9.21. The fraction of sp³-hybridized carbons (Fsp3) is 1.00. The van der Waals surface area contributed by atoms with Crippen LogP contribution >= 0.6 is 0 Å². The smallest absolute Gasteiger partial charge is 0.0540 e. The Balaban J connectivity index is 0.000000200. The van der Waals surface area contributed by atoms with Crippen LogP contribution in [0.4, 0.5) is 0 Å². The molecule has 1 nitrogen and oxygen atoms in total. The van der Waals surface area contributed by atoms with E-state index >= 15 is 0 Å². The molecule has 1 N–H and O–H groups in total. The highest BCUT2D eigenvalue weighted by Gasteiger charge is 2.21. The number of aliphatic hydroxyl groups is 1. The molecule has 0 aliphatic heterocycles. The predicted molar refractivity (Wildman–Crippen MR) is 88.8 cm³/mol. The van der Waals surface area contributed by atoms with E-state index in [1.807, 2.05) is 0 Å². The van der Waals surface area contributed by atoms with Crippen LogP contribution in [-0.4, -0.2) is 11.2 Å². The Kier molecular flexibility index (Phi) is 8.17. The third-order valence-corrected chi connectivity index (χ3v) is 5.69. The summed E-state index contributed by atoms with van der Waals surface area (Å²) in [4.78, 5) is 0. The quantitative estimate of drug-likeness (QED) is 0.692. The molecule has 2 fully saturated rings. The monoisotopic (exact) mass is 282 g/mol. The SMILES string of the molecule is CC(C)C1CCC(O)CC1.CC1CCC(C(C)C)CC1. The highest BCUT2D eigenvalue weighted by atomic mass is 16.3. The van der Waals surface area contributed by atoms with Crippen LogP contribution in [-0.2, 0) is 0 Å². The minimum atomic E-state index is 0.00926. The van der Waals surface area contributed by atoms with Gasteiger partial charge in [-0.1, -0.05) is 47.5 Å². The first kappa shape index (κ1) is 18.0. The summed E-state index contributed by atoms with van der Waals surface area (Å²) < 4.78 is 0. The molecule has 0 aromatic heterocycles. The van der Waals surface area contributed by atoms with Crippen molar-refractivity contribution < 1.29 is 5.11 Å². The molecule has 0 aromatic rings. The molecule has 0 atom stereocenters. The van der Waals surface area contributed by atoms with E-state index in [0.717, 1.165) is 42.4 Å². The van der Waals surface area contributed by atoms with Gasteiger partial charge in [0.1, 0.15) is 0 Å². The zero-order chi connectivity index (χ0) is 15.1. The predicted octanol–water partition coefficient (Wildman–Crippen LogP) is 5.66. The van der Waals surface area contributed by atoms with Crippen LogP contribution < -0.4 is 0 Å². The second-order valence-corrected chi connectivity index (χ2v) is 8.08. The molecule has 0 aromatic carbocycles. The summed E-state index contributed by atoms with van der Waals surface area (Å²) in [6.07, 6.45) is 10.5. The van der Waals surface area contributed by atoms with E-state index in [1.165, 1.54) is 38.5 Å². The van der Waals surface area contributed by atoms with Gasteiger partial charge in [0.05, 0.1) is 6.10 Å². The molecular formula is C19H38O. The molecule has 2 rings (SSSR count). The molecule has 20 heavy (non-hydrogen) atoms. The Bertz CT molecular complexity index is 204.